The average Bonchev–Trinajstić information content (AvgIpc) is 3.32. The molecule has 0 N–H and O–H groups in total. The molecule has 0 saturated carbocycles. The molecular weight excluding hydrogens is 448 g/mol. The lowest BCUT2D eigenvalue weighted by molar-refractivity contribution is -0.114. The fourth-order valence-corrected chi connectivity index (χ4v) is 4.42. The predicted octanol–water partition coefficient (Wildman–Crippen LogP) is 4.20. The van der Waals surface area contributed by atoms with Gasteiger partial charge in [-0.25, -0.2) is 14.5 Å². The number of hydrogen-bond donors (Lipinski definition) is 0. The summed E-state index contributed by atoms with van der Waals surface area (Å²) < 4.78 is 23.7. The van der Waals surface area contributed by atoms with E-state index in [-0.39, 0.29) is 5.78 Å². The van der Waals surface area contributed by atoms with Gasteiger partial charge in [0.2, 0.25) is 5.88 Å². The quantitative estimate of drug-likeness (QED) is 0.412. The average molecular weight is 473 g/mol. The van der Waals surface area contributed by atoms with Crippen molar-refractivity contribution in [2.24, 2.45) is 0 Å². The molecule has 0 saturated heterocycles. The number of allylic oxidation sites excluding steroid dienone is 2. The zero-order chi connectivity index (χ0) is 24.7. The maximum absolute atomic E-state index is 12.8. The summed E-state index contributed by atoms with van der Waals surface area (Å²) in [5.41, 5.74) is 3.41. The largest absolute Gasteiger partial charge is 0.497 e. The lowest BCUT2D eigenvalue weighted by Crippen LogP contribution is -2.22. The molecule has 0 amide bonds. The number of fused-ring (bicyclic) bond motifs is 3. The molecule has 2 aromatic carbocycles. The van der Waals surface area contributed by atoms with Crippen molar-refractivity contribution in [1.82, 2.24) is 19.6 Å². The molecule has 35 heavy (non-hydrogen) atoms. The molecule has 178 valence electrons. The van der Waals surface area contributed by atoms with Gasteiger partial charge in [-0.05, 0) is 49.7 Å². The van der Waals surface area contributed by atoms with Crippen LogP contribution in [0.3, 0.4) is 0 Å². The van der Waals surface area contributed by atoms with E-state index in [1.54, 1.807) is 45.2 Å². The predicted molar refractivity (Wildman–Crippen MR) is 128 cm³/mol. The maximum atomic E-state index is 12.8. The van der Waals surface area contributed by atoms with Gasteiger partial charge in [0.25, 0.3) is 0 Å². The molecule has 1 aliphatic heterocycles. The summed E-state index contributed by atoms with van der Waals surface area (Å²) in [6.07, 6.45) is 1.56. The number of carbonyl (C=O) groups excluding carboxylic acids is 1. The van der Waals surface area contributed by atoms with Gasteiger partial charge in [0, 0.05) is 17.1 Å². The van der Waals surface area contributed by atoms with Crippen molar-refractivity contribution in [3.05, 3.63) is 71.3 Å². The first kappa shape index (κ1) is 22.4. The van der Waals surface area contributed by atoms with Gasteiger partial charge in [-0.15, -0.1) is 5.10 Å². The van der Waals surface area contributed by atoms with Gasteiger partial charge < -0.3 is 18.9 Å². The Hall–Kier alpha value is -4.40. The van der Waals surface area contributed by atoms with E-state index in [4.69, 9.17) is 23.9 Å². The van der Waals surface area contributed by atoms with Gasteiger partial charge in [-0.3, -0.25) is 4.79 Å². The van der Waals surface area contributed by atoms with Crippen LogP contribution in [-0.4, -0.2) is 46.7 Å². The molecule has 1 aliphatic rings. The molecular formula is C26H24N4O5. The molecule has 3 heterocycles. The highest BCUT2D eigenvalue weighted by atomic mass is 16.5. The summed E-state index contributed by atoms with van der Waals surface area (Å²) >= 11 is 0. The number of methoxy groups -OCH3 is 3. The zero-order valence-corrected chi connectivity index (χ0v) is 20.0. The Morgan fingerprint density at radius 2 is 1.74 bits per heavy atom. The highest BCUT2D eigenvalue weighted by molar-refractivity contribution is 5.97. The number of ether oxygens (including phenoxy) is 4. The Kier molecular flexibility index (Phi) is 5.60. The normalized spacial score (nSPS) is 14.9. The SMILES string of the molecule is COc1ccc(C2C(C(C)=O)=C(C)Oc3ncn4nc(-c5ccc(OC)c(OC)c5)nc4c32)cc1. The van der Waals surface area contributed by atoms with Gasteiger partial charge >= 0.3 is 0 Å². The molecule has 4 aromatic rings. The van der Waals surface area contributed by atoms with E-state index in [1.807, 2.05) is 36.4 Å². The summed E-state index contributed by atoms with van der Waals surface area (Å²) in [6.45, 7) is 3.32. The number of nitrogens with zero attached hydrogens (tertiary/aromatic N) is 4. The third-order valence-corrected chi connectivity index (χ3v) is 6.06. The van der Waals surface area contributed by atoms with Crippen LogP contribution < -0.4 is 18.9 Å². The molecule has 0 fully saturated rings. The second-order valence-electron chi connectivity index (χ2n) is 8.07. The lowest BCUT2D eigenvalue weighted by atomic mass is 9.82. The van der Waals surface area contributed by atoms with E-state index in [0.29, 0.717) is 45.7 Å². The Morgan fingerprint density at radius 3 is 2.40 bits per heavy atom. The second-order valence-corrected chi connectivity index (χ2v) is 8.07. The van der Waals surface area contributed by atoms with Crippen LogP contribution in [0.5, 0.6) is 23.1 Å². The monoisotopic (exact) mass is 472 g/mol. The number of rotatable bonds is 6. The molecule has 2 aromatic heterocycles. The Labute approximate surface area is 201 Å². The number of benzene rings is 2. The number of hydrogen-bond acceptors (Lipinski definition) is 8. The smallest absolute Gasteiger partial charge is 0.228 e. The van der Waals surface area contributed by atoms with Crippen LogP contribution >= 0.6 is 0 Å². The van der Waals surface area contributed by atoms with Crippen molar-refractivity contribution in [2.45, 2.75) is 19.8 Å². The summed E-state index contributed by atoms with van der Waals surface area (Å²) in [6, 6.07) is 13.1. The number of carbonyl (C=O) groups is 1. The van der Waals surface area contributed by atoms with Crippen LogP contribution in [-0.2, 0) is 4.79 Å². The van der Waals surface area contributed by atoms with E-state index in [0.717, 1.165) is 16.9 Å². The van der Waals surface area contributed by atoms with Crippen LogP contribution in [0.2, 0.25) is 0 Å². The first-order valence-corrected chi connectivity index (χ1v) is 11.0. The first-order chi connectivity index (χ1) is 16.9. The minimum absolute atomic E-state index is 0.0874. The van der Waals surface area contributed by atoms with Crippen LogP contribution in [0.15, 0.2) is 60.1 Å². The maximum Gasteiger partial charge on any atom is 0.228 e. The van der Waals surface area contributed by atoms with Crippen LogP contribution in [0, 0.1) is 0 Å². The first-order valence-electron chi connectivity index (χ1n) is 11.0. The van der Waals surface area contributed by atoms with Crippen molar-refractivity contribution in [3.8, 4) is 34.5 Å². The molecule has 0 bridgehead atoms. The molecule has 5 rings (SSSR count). The standard InChI is InChI=1S/C26H24N4O5/c1-14(31)21-15(2)35-26-23(22(21)16-6-9-18(32-3)10-7-16)25-28-24(29-30(25)13-27-26)17-8-11-19(33-4)20(12-17)34-5/h6-13,22H,1-5H3. The zero-order valence-electron chi connectivity index (χ0n) is 20.0. The number of aromatic nitrogens is 4. The van der Waals surface area contributed by atoms with Crippen molar-refractivity contribution in [2.75, 3.05) is 21.3 Å². The van der Waals surface area contributed by atoms with Gasteiger partial charge in [0.05, 0.1) is 26.9 Å². The van der Waals surface area contributed by atoms with Crippen molar-refractivity contribution in [3.63, 3.8) is 0 Å². The molecule has 1 unspecified atom stereocenters. The van der Waals surface area contributed by atoms with Gasteiger partial charge in [0.15, 0.2) is 28.8 Å². The minimum atomic E-state index is -0.430. The molecule has 9 nitrogen and oxygen atoms in total. The van der Waals surface area contributed by atoms with Crippen LogP contribution in [0.1, 0.15) is 30.9 Å². The summed E-state index contributed by atoms with van der Waals surface area (Å²) in [7, 11) is 4.77. The Balaban J connectivity index is 1.72. The number of ketones is 1. The van der Waals surface area contributed by atoms with Crippen LogP contribution in [0.4, 0.5) is 0 Å². The fourth-order valence-electron chi connectivity index (χ4n) is 4.42. The number of Topliss-reactive ketones (excluding diaryl/α,β-unsaturated/α-hetero) is 1. The van der Waals surface area contributed by atoms with Crippen molar-refractivity contribution < 1.29 is 23.7 Å². The topological polar surface area (TPSA) is 97.1 Å². The Bertz CT molecular complexity index is 1470. The molecule has 0 aliphatic carbocycles. The Morgan fingerprint density at radius 1 is 1.00 bits per heavy atom. The minimum Gasteiger partial charge on any atom is -0.497 e. The van der Waals surface area contributed by atoms with Crippen molar-refractivity contribution in [1.29, 1.82) is 0 Å². The van der Waals surface area contributed by atoms with E-state index < -0.39 is 5.92 Å². The van der Waals surface area contributed by atoms with Gasteiger partial charge in [-0.1, -0.05) is 12.1 Å². The summed E-state index contributed by atoms with van der Waals surface area (Å²) in [5, 5.41) is 4.64. The van der Waals surface area contributed by atoms with E-state index in [9.17, 15) is 4.79 Å². The van der Waals surface area contributed by atoms with Crippen LogP contribution in [0.25, 0.3) is 17.0 Å². The van der Waals surface area contributed by atoms with E-state index in [2.05, 4.69) is 10.1 Å². The van der Waals surface area contributed by atoms with Gasteiger partial charge in [-0.2, -0.15) is 0 Å². The third-order valence-electron chi connectivity index (χ3n) is 6.06. The molecule has 1 atom stereocenters. The lowest BCUT2D eigenvalue weighted by Gasteiger charge is -2.28. The van der Waals surface area contributed by atoms with E-state index in [1.165, 1.54) is 6.92 Å². The molecule has 0 spiro atoms. The molecule has 9 heteroatoms. The van der Waals surface area contributed by atoms with E-state index >= 15 is 0 Å². The summed E-state index contributed by atoms with van der Waals surface area (Å²) in [4.78, 5) is 22.1. The highest BCUT2D eigenvalue weighted by Gasteiger charge is 2.36. The van der Waals surface area contributed by atoms with Gasteiger partial charge in [0.1, 0.15) is 17.8 Å². The summed E-state index contributed by atoms with van der Waals surface area (Å²) in [5.74, 6) is 2.77. The third kappa shape index (κ3) is 3.74. The molecule has 0 radical (unpaired) electrons. The highest BCUT2D eigenvalue weighted by Crippen LogP contribution is 2.44. The fraction of sp³-hybridized carbons (Fsp3) is 0.231. The van der Waals surface area contributed by atoms with Crippen molar-refractivity contribution >= 4 is 11.4 Å². The second kappa shape index (κ2) is 8.75.